The highest BCUT2D eigenvalue weighted by molar-refractivity contribution is 5.19. The van der Waals surface area contributed by atoms with E-state index in [1.54, 1.807) is 17.1 Å². The van der Waals surface area contributed by atoms with Gasteiger partial charge < -0.3 is 4.57 Å². The van der Waals surface area contributed by atoms with Gasteiger partial charge >= 0.3 is 0 Å². The van der Waals surface area contributed by atoms with Gasteiger partial charge in [0.2, 0.25) is 0 Å². The first kappa shape index (κ1) is 9.88. The van der Waals surface area contributed by atoms with E-state index in [4.69, 9.17) is 5.84 Å². The molecule has 80 valence electrons. The number of aromatic nitrogens is 4. The number of nitrogens with two attached hydrogens (primary N) is 1. The van der Waals surface area contributed by atoms with Crippen molar-refractivity contribution in [2.75, 3.05) is 0 Å². The lowest BCUT2D eigenvalue weighted by atomic mass is 10.1. The van der Waals surface area contributed by atoms with E-state index in [9.17, 15) is 0 Å². The molecular weight excluding hydrogens is 192 g/mol. The predicted molar refractivity (Wildman–Crippen MR) is 55.6 cm³/mol. The van der Waals surface area contributed by atoms with Crippen molar-refractivity contribution < 1.29 is 0 Å². The van der Waals surface area contributed by atoms with Gasteiger partial charge in [0.1, 0.15) is 11.9 Å². The third-order valence-corrected chi connectivity index (χ3v) is 2.34. The minimum atomic E-state index is -0.126. The quantitative estimate of drug-likeness (QED) is 0.534. The van der Waals surface area contributed by atoms with Gasteiger partial charge in [-0.05, 0) is 0 Å². The molecule has 0 aliphatic heterocycles. The second-order valence-corrected chi connectivity index (χ2v) is 3.44. The summed E-state index contributed by atoms with van der Waals surface area (Å²) in [5.41, 5.74) is 3.73. The zero-order valence-electron chi connectivity index (χ0n) is 8.75. The minimum absolute atomic E-state index is 0.126. The van der Waals surface area contributed by atoms with E-state index in [-0.39, 0.29) is 6.04 Å². The highest BCUT2D eigenvalue weighted by Crippen LogP contribution is 2.18. The Morgan fingerprint density at radius 3 is 2.73 bits per heavy atom. The van der Waals surface area contributed by atoms with Crippen LogP contribution in [0.1, 0.15) is 17.4 Å². The molecule has 3 N–H and O–H groups in total. The van der Waals surface area contributed by atoms with Crippen molar-refractivity contribution in [3.63, 3.8) is 0 Å². The van der Waals surface area contributed by atoms with Gasteiger partial charge in [0, 0.05) is 38.2 Å². The van der Waals surface area contributed by atoms with Crippen molar-refractivity contribution in [3.05, 3.63) is 36.2 Å². The van der Waals surface area contributed by atoms with Crippen molar-refractivity contribution in [2.24, 2.45) is 19.9 Å². The fourth-order valence-electron chi connectivity index (χ4n) is 1.56. The molecule has 0 amide bonds. The smallest absolute Gasteiger partial charge is 0.131 e. The summed E-state index contributed by atoms with van der Waals surface area (Å²) in [5, 5.41) is 4.11. The lowest BCUT2D eigenvalue weighted by Gasteiger charge is -2.13. The summed E-state index contributed by atoms with van der Waals surface area (Å²) in [6, 6.07) is -0.126. The van der Waals surface area contributed by atoms with Crippen LogP contribution in [0.2, 0.25) is 0 Å². The van der Waals surface area contributed by atoms with E-state index >= 15 is 0 Å². The van der Waals surface area contributed by atoms with Crippen molar-refractivity contribution in [3.8, 4) is 0 Å². The highest BCUT2D eigenvalue weighted by Gasteiger charge is 2.17. The number of aryl methyl sites for hydroxylation is 2. The molecule has 0 aliphatic rings. The summed E-state index contributed by atoms with van der Waals surface area (Å²) in [6.07, 6.45) is 7.32. The molecule has 6 heteroatoms. The van der Waals surface area contributed by atoms with Gasteiger partial charge in [-0.15, -0.1) is 0 Å². The third kappa shape index (κ3) is 1.77. The molecule has 0 bridgehead atoms. The molecule has 1 atom stereocenters. The molecular formula is C9H14N6. The van der Waals surface area contributed by atoms with Gasteiger partial charge in [-0.1, -0.05) is 0 Å². The van der Waals surface area contributed by atoms with Crippen LogP contribution in [0.4, 0.5) is 0 Å². The molecule has 2 heterocycles. The van der Waals surface area contributed by atoms with Gasteiger partial charge in [-0.2, -0.15) is 5.10 Å². The Morgan fingerprint density at radius 1 is 1.47 bits per heavy atom. The molecule has 0 spiro atoms. The molecule has 2 aromatic rings. The first-order valence-corrected chi connectivity index (χ1v) is 4.64. The molecule has 6 nitrogen and oxygen atoms in total. The largest absolute Gasteiger partial charge is 0.336 e. The van der Waals surface area contributed by atoms with Crippen LogP contribution >= 0.6 is 0 Å². The molecule has 2 rings (SSSR count). The van der Waals surface area contributed by atoms with Crippen molar-refractivity contribution in [1.82, 2.24) is 24.8 Å². The lowest BCUT2D eigenvalue weighted by molar-refractivity contribution is 0.579. The van der Waals surface area contributed by atoms with Gasteiger partial charge in [0.25, 0.3) is 0 Å². The number of rotatable bonds is 3. The average Bonchev–Trinajstić information content (AvgIpc) is 2.79. The Balaban J connectivity index is 2.36. The van der Waals surface area contributed by atoms with Crippen LogP contribution in [0.3, 0.4) is 0 Å². The van der Waals surface area contributed by atoms with E-state index in [1.807, 2.05) is 31.1 Å². The highest BCUT2D eigenvalue weighted by atomic mass is 15.3. The average molecular weight is 206 g/mol. The number of nitrogens with one attached hydrogen (secondary N) is 1. The molecule has 15 heavy (non-hydrogen) atoms. The predicted octanol–water partition coefficient (Wildman–Crippen LogP) is -0.294. The van der Waals surface area contributed by atoms with Gasteiger partial charge in [0.05, 0.1) is 6.20 Å². The summed E-state index contributed by atoms with van der Waals surface area (Å²) in [4.78, 5) is 4.26. The van der Waals surface area contributed by atoms with Crippen molar-refractivity contribution in [1.29, 1.82) is 0 Å². The van der Waals surface area contributed by atoms with Crippen LogP contribution in [-0.4, -0.2) is 19.3 Å². The Kier molecular flexibility index (Phi) is 2.53. The molecule has 0 radical (unpaired) electrons. The summed E-state index contributed by atoms with van der Waals surface area (Å²) < 4.78 is 3.67. The van der Waals surface area contributed by atoms with E-state index in [2.05, 4.69) is 15.5 Å². The van der Waals surface area contributed by atoms with E-state index in [1.165, 1.54) is 0 Å². The number of hydrogen-bond donors (Lipinski definition) is 2. The van der Waals surface area contributed by atoms with E-state index in [0.29, 0.717) is 0 Å². The van der Waals surface area contributed by atoms with Crippen LogP contribution in [0, 0.1) is 0 Å². The maximum absolute atomic E-state index is 5.53. The number of hydrogen-bond acceptors (Lipinski definition) is 4. The van der Waals surface area contributed by atoms with Crippen molar-refractivity contribution >= 4 is 0 Å². The Hall–Kier alpha value is -1.66. The Labute approximate surface area is 87.7 Å². The fourth-order valence-corrected chi connectivity index (χ4v) is 1.56. The molecule has 0 saturated carbocycles. The van der Waals surface area contributed by atoms with E-state index < -0.39 is 0 Å². The second kappa shape index (κ2) is 3.84. The number of hydrazine groups is 1. The molecule has 2 aromatic heterocycles. The fraction of sp³-hybridized carbons (Fsp3) is 0.333. The molecule has 1 unspecified atom stereocenters. The van der Waals surface area contributed by atoms with Crippen LogP contribution in [-0.2, 0) is 14.1 Å². The first-order valence-electron chi connectivity index (χ1n) is 4.64. The molecule has 0 aliphatic carbocycles. The minimum Gasteiger partial charge on any atom is -0.336 e. The number of nitrogens with zero attached hydrogens (tertiary/aromatic N) is 4. The van der Waals surface area contributed by atoms with Gasteiger partial charge in [-0.25, -0.2) is 10.4 Å². The summed E-state index contributed by atoms with van der Waals surface area (Å²) >= 11 is 0. The number of imidazole rings is 1. The maximum Gasteiger partial charge on any atom is 0.131 e. The van der Waals surface area contributed by atoms with Gasteiger partial charge in [0.15, 0.2) is 0 Å². The van der Waals surface area contributed by atoms with Crippen LogP contribution in [0.5, 0.6) is 0 Å². The Bertz CT molecular complexity index is 443. The zero-order valence-corrected chi connectivity index (χ0v) is 8.75. The normalized spacial score (nSPS) is 13.0. The summed E-state index contributed by atoms with van der Waals surface area (Å²) in [5.74, 6) is 6.40. The first-order chi connectivity index (χ1) is 7.22. The molecule has 0 aromatic carbocycles. The monoisotopic (exact) mass is 206 g/mol. The third-order valence-electron chi connectivity index (χ3n) is 2.34. The van der Waals surface area contributed by atoms with Crippen molar-refractivity contribution in [2.45, 2.75) is 6.04 Å². The second-order valence-electron chi connectivity index (χ2n) is 3.44. The summed E-state index contributed by atoms with van der Waals surface area (Å²) in [6.45, 7) is 0. The lowest BCUT2D eigenvalue weighted by Crippen LogP contribution is -2.30. The van der Waals surface area contributed by atoms with Crippen LogP contribution < -0.4 is 11.3 Å². The van der Waals surface area contributed by atoms with Crippen LogP contribution in [0.25, 0.3) is 0 Å². The SMILES string of the molecule is Cn1cc(C(NN)c2nccn2C)cn1. The van der Waals surface area contributed by atoms with Crippen LogP contribution in [0.15, 0.2) is 24.8 Å². The zero-order chi connectivity index (χ0) is 10.8. The molecule has 0 saturated heterocycles. The maximum atomic E-state index is 5.53. The topological polar surface area (TPSA) is 73.7 Å². The van der Waals surface area contributed by atoms with Gasteiger partial charge in [-0.3, -0.25) is 10.5 Å². The Morgan fingerprint density at radius 2 is 2.27 bits per heavy atom. The van der Waals surface area contributed by atoms with E-state index in [0.717, 1.165) is 11.4 Å². The summed E-state index contributed by atoms with van der Waals surface area (Å²) in [7, 11) is 3.80. The molecule has 0 fully saturated rings. The standard InChI is InChI=1S/C9H14N6/c1-14-4-3-11-9(14)8(13-10)7-5-12-15(2)6-7/h3-6,8,13H,10H2,1-2H3.